The van der Waals surface area contributed by atoms with Crippen LogP contribution < -0.4 is 0 Å². The van der Waals surface area contributed by atoms with Crippen LogP contribution in [0.3, 0.4) is 0 Å². The molecule has 0 radical (unpaired) electrons. The van der Waals surface area contributed by atoms with Crippen LogP contribution in [-0.2, 0) is 32.7 Å². The molecule has 0 saturated heterocycles. The molecule has 0 amide bonds. The third kappa shape index (κ3) is 43.6. The van der Waals surface area contributed by atoms with Crippen molar-refractivity contribution < 1.29 is 42.1 Å². The summed E-state index contributed by atoms with van der Waals surface area (Å²) >= 11 is 0. The maximum Gasteiger partial charge on any atom is 0.472 e. The van der Waals surface area contributed by atoms with Gasteiger partial charge in [-0.25, -0.2) is 4.57 Å². The first-order valence-electron chi connectivity index (χ1n) is 23.2. The second-order valence-electron chi connectivity index (χ2n) is 16.8. The number of phosphoric acid groups is 1. The van der Waals surface area contributed by atoms with Gasteiger partial charge in [-0.3, -0.25) is 18.6 Å². The first-order chi connectivity index (χ1) is 27.5. The third-order valence-corrected chi connectivity index (χ3v) is 10.9. The number of unbranched alkanes of at least 4 members (excludes halogenated alkanes) is 22. The molecule has 0 heterocycles. The van der Waals surface area contributed by atoms with Crippen LogP contribution in [0, 0.1) is 0 Å². The molecule has 0 rings (SSSR count). The molecule has 334 valence electrons. The van der Waals surface area contributed by atoms with Gasteiger partial charge in [-0.05, 0) is 51.4 Å². The highest BCUT2D eigenvalue weighted by Crippen LogP contribution is 2.43. The third-order valence-electron chi connectivity index (χ3n) is 9.92. The Kier molecular flexibility index (Phi) is 38.4. The molecule has 0 fully saturated rings. The van der Waals surface area contributed by atoms with Crippen molar-refractivity contribution in [3.05, 3.63) is 36.5 Å². The first-order valence-corrected chi connectivity index (χ1v) is 24.7. The van der Waals surface area contributed by atoms with E-state index in [9.17, 15) is 19.0 Å². The Balaban J connectivity index is 4.35. The van der Waals surface area contributed by atoms with Crippen LogP contribution in [0.2, 0.25) is 0 Å². The van der Waals surface area contributed by atoms with Crippen LogP contribution in [-0.4, -0.2) is 74.9 Å². The number of rotatable bonds is 42. The first kappa shape index (κ1) is 55.2. The fourth-order valence-corrected chi connectivity index (χ4v) is 7.00. The Hall–Kier alpha value is -1.77. The molecule has 9 nitrogen and oxygen atoms in total. The Labute approximate surface area is 351 Å². The Morgan fingerprint density at radius 2 is 0.947 bits per heavy atom. The van der Waals surface area contributed by atoms with E-state index in [0.29, 0.717) is 17.4 Å². The molecule has 0 aromatic rings. The van der Waals surface area contributed by atoms with Gasteiger partial charge in [0.2, 0.25) is 0 Å². The molecule has 0 saturated carbocycles. The SMILES string of the molecule is CCCCC/C=C\C/C=C\C/C=C\CCCCC(=O)O[C@H](COC(=O)CCCCCCCCCCCCCCCCCCCC)COP(=O)(O)OCC[N+](C)(C)C. The van der Waals surface area contributed by atoms with E-state index in [4.69, 9.17) is 18.5 Å². The number of carbonyl (C=O) groups is 2. The zero-order valence-electron chi connectivity index (χ0n) is 37.6. The number of allylic oxidation sites excluding steroid dienone is 6. The predicted octanol–water partition coefficient (Wildman–Crippen LogP) is 13.3. The number of hydrogen-bond donors (Lipinski definition) is 1. The summed E-state index contributed by atoms with van der Waals surface area (Å²) < 4.78 is 34.3. The van der Waals surface area contributed by atoms with E-state index in [2.05, 4.69) is 50.3 Å². The normalized spacial score (nSPS) is 13.9. The standard InChI is InChI=1S/C47H88NO8P/c1-6-8-10-12-14-16-18-20-22-23-24-26-27-29-31-33-35-37-39-46(49)53-43-45(44-55-57(51,52)54-42-41-48(3,4)5)56-47(50)40-38-36-34-32-30-28-25-21-19-17-15-13-11-9-7-2/h15,17,21,25,30,32,45H,6-14,16,18-20,22-24,26-29,31,33-44H2,1-5H3/p+1/b17-15-,25-21-,32-30-/t45-/m1/s1. The molecule has 57 heavy (non-hydrogen) atoms. The lowest BCUT2D eigenvalue weighted by atomic mass is 10.0. The van der Waals surface area contributed by atoms with E-state index >= 15 is 0 Å². The van der Waals surface area contributed by atoms with E-state index in [-0.39, 0.29) is 32.0 Å². The van der Waals surface area contributed by atoms with Crippen LogP contribution in [0.5, 0.6) is 0 Å². The second-order valence-corrected chi connectivity index (χ2v) is 18.2. The van der Waals surface area contributed by atoms with Crippen LogP contribution in [0.15, 0.2) is 36.5 Å². The molecular formula is C47H89NO8P+. The molecule has 0 aliphatic carbocycles. The van der Waals surface area contributed by atoms with Crippen LogP contribution in [0.25, 0.3) is 0 Å². The van der Waals surface area contributed by atoms with Crippen molar-refractivity contribution in [2.24, 2.45) is 0 Å². The minimum atomic E-state index is -4.38. The quantitative estimate of drug-likeness (QED) is 0.0213. The molecule has 0 aromatic carbocycles. The van der Waals surface area contributed by atoms with Crippen LogP contribution in [0.4, 0.5) is 0 Å². The highest BCUT2D eigenvalue weighted by Gasteiger charge is 2.27. The number of esters is 2. The average Bonchev–Trinajstić information content (AvgIpc) is 3.16. The van der Waals surface area contributed by atoms with Gasteiger partial charge in [0.05, 0.1) is 27.7 Å². The van der Waals surface area contributed by atoms with E-state index in [0.717, 1.165) is 51.4 Å². The van der Waals surface area contributed by atoms with Crippen molar-refractivity contribution in [1.82, 2.24) is 0 Å². The molecule has 0 aromatic heterocycles. The lowest BCUT2D eigenvalue weighted by Gasteiger charge is -2.24. The Morgan fingerprint density at radius 3 is 1.44 bits per heavy atom. The lowest BCUT2D eigenvalue weighted by molar-refractivity contribution is -0.870. The summed E-state index contributed by atoms with van der Waals surface area (Å²) in [5.41, 5.74) is 0. The molecular weight excluding hydrogens is 737 g/mol. The summed E-state index contributed by atoms with van der Waals surface area (Å²) in [7, 11) is 1.45. The van der Waals surface area contributed by atoms with Gasteiger partial charge in [-0.1, -0.05) is 172 Å². The van der Waals surface area contributed by atoms with Gasteiger partial charge in [-0.15, -0.1) is 0 Å². The maximum absolute atomic E-state index is 12.7. The fourth-order valence-electron chi connectivity index (χ4n) is 6.26. The van der Waals surface area contributed by atoms with Gasteiger partial charge < -0.3 is 18.9 Å². The molecule has 0 bridgehead atoms. The van der Waals surface area contributed by atoms with E-state index in [1.165, 1.54) is 116 Å². The van der Waals surface area contributed by atoms with Crippen molar-refractivity contribution >= 4 is 19.8 Å². The maximum atomic E-state index is 12.7. The van der Waals surface area contributed by atoms with E-state index in [1.807, 2.05) is 21.1 Å². The largest absolute Gasteiger partial charge is 0.472 e. The number of hydrogen-bond acceptors (Lipinski definition) is 7. The van der Waals surface area contributed by atoms with E-state index in [1.54, 1.807) is 0 Å². The number of nitrogens with zero attached hydrogens (tertiary/aromatic N) is 1. The summed E-state index contributed by atoms with van der Waals surface area (Å²) in [4.78, 5) is 35.4. The zero-order chi connectivity index (χ0) is 42.1. The molecule has 0 aliphatic heterocycles. The van der Waals surface area contributed by atoms with Crippen LogP contribution in [0.1, 0.15) is 200 Å². The fraction of sp³-hybridized carbons (Fsp3) is 0.830. The minimum absolute atomic E-state index is 0.0252. The average molecular weight is 827 g/mol. The smallest absolute Gasteiger partial charge is 0.462 e. The van der Waals surface area contributed by atoms with Gasteiger partial charge in [-0.2, -0.15) is 0 Å². The predicted molar refractivity (Wildman–Crippen MR) is 238 cm³/mol. The summed E-state index contributed by atoms with van der Waals surface area (Å²) in [5, 5.41) is 0. The number of carbonyl (C=O) groups excluding carboxylic acids is 2. The van der Waals surface area contributed by atoms with Crippen molar-refractivity contribution in [2.75, 3.05) is 47.5 Å². The molecule has 10 heteroatoms. The second kappa shape index (κ2) is 39.7. The highest BCUT2D eigenvalue weighted by molar-refractivity contribution is 7.47. The van der Waals surface area contributed by atoms with Crippen molar-refractivity contribution in [1.29, 1.82) is 0 Å². The van der Waals surface area contributed by atoms with Gasteiger partial charge in [0.25, 0.3) is 0 Å². The van der Waals surface area contributed by atoms with Crippen molar-refractivity contribution in [2.45, 2.75) is 206 Å². The number of ether oxygens (including phenoxy) is 2. The molecule has 2 atom stereocenters. The molecule has 0 spiro atoms. The Morgan fingerprint density at radius 1 is 0.544 bits per heavy atom. The number of quaternary nitrogens is 1. The molecule has 0 aliphatic rings. The highest BCUT2D eigenvalue weighted by atomic mass is 31.2. The lowest BCUT2D eigenvalue weighted by Crippen LogP contribution is -2.37. The van der Waals surface area contributed by atoms with E-state index < -0.39 is 26.5 Å². The molecule has 1 N–H and O–H groups in total. The van der Waals surface area contributed by atoms with Gasteiger partial charge >= 0.3 is 19.8 Å². The van der Waals surface area contributed by atoms with Crippen molar-refractivity contribution in [3.8, 4) is 0 Å². The van der Waals surface area contributed by atoms with Gasteiger partial charge in [0, 0.05) is 12.8 Å². The van der Waals surface area contributed by atoms with Crippen molar-refractivity contribution in [3.63, 3.8) is 0 Å². The van der Waals surface area contributed by atoms with Gasteiger partial charge in [0.1, 0.15) is 19.8 Å². The monoisotopic (exact) mass is 827 g/mol. The summed E-state index contributed by atoms with van der Waals surface area (Å²) in [6.07, 6.45) is 44.8. The topological polar surface area (TPSA) is 108 Å². The zero-order valence-corrected chi connectivity index (χ0v) is 38.5. The van der Waals surface area contributed by atoms with Gasteiger partial charge in [0.15, 0.2) is 6.10 Å². The number of likely N-dealkylation sites (N-methyl/N-ethyl adjacent to an activating group) is 1. The van der Waals surface area contributed by atoms with Crippen LogP contribution >= 0.6 is 7.82 Å². The minimum Gasteiger partial charge on any atom is -0.462 e. The molecule has 1 unspecified atom stereocenters. The Bertz CT molecular complexity index is 1070. The summed E-state index contributed by atoms with van der Waals surface area (Å²) in [6, 6.07) is 0. The number of phosphoric ester groups is 1. The summed E-state index contributed by atoms with van der Waals surface area (Å²) in [6.45, 7) is 4.37. The summed E-state index contributed by atoms with van der Waals surface area (Å²) in [5.74, 6) is -0.837.